The number of fused-ring (bicyclic) bond motifs is 1. The Hall–Kier alpha value is -4.09. The van der Waals surface area contributed by atoms with Crippen molar-refractivity contribution in [2.75, 3.05) is 32.2 Å². The Kier molecular flexibility index (Phi) is 7.75. The number of halogens is 1. The minimum atomic E-state index is -0.692. The number of carbonyl (C=O) groups is 1. The SMILES string of the molecule is COc1ccc(C(NC(=O)c2ccc3cnc(NC4CCOCC4)nc3c2)c2cnn(CCO)c2)cc1F. The van der Waals surface area contributed by atoms with Crippen LogP contribution in [-0.2, 0) is 11.3 Å². The molecule has 11 heteroatoms. The van der Waals surface area contributed by atoms with Gasteiger partial charge >= 0.3 is 0 Å². The van der Waals surface area contributed by atoms with Crippen molar-refractivity contribution in [3.63, 3.8) is 0 Å². The number of aliphatic hydroxyl groups is 1. The van der Waals surface area contributed by atoms with Crippen molar-refractivity contribution in [1.29, 1.82) is 0 Å². The molecule has 5 rings (SSSR count). The molecular formula is C27H29FN6O4. The van der Waals surface area contributed by atoms with Crippen LogP contribution >= 0.6 is 0 Å². The number of anilines is 1. The van der Waals surface area contributed by atoms with Crippen LogP contribution in [0.25, 0.3) is 10.9 Å². The van der Waals surface area contributed by atoms with E-state index < -0.39 is 11.9 Å². The maximum atomic E-state index is 14.6. The number of ether oxygens (including phenoxy) is 2. The molecule has 1 fully saturated rings. The molecule has 1 saturated heterocycles. The molecule has 10 nitrogen and oxygen atoms in total. The lowest BCUT2D eigenvalue weighted by atomic mass is 10.0. The molecule has 1 aliphatic heterocycles. The number of nitrogens with zero attached hydrogens (tertiary/aromatic N) is 4. The molecule has 198 valence electrons. The second-order valence-corrected chi connectivity index (χ2v) is 9.06. The van der Waals surface area contributed by atoms with E-state index in [1.165, 1.54) is 19.2 Å². The Bertz CT molecular complexity index is 1420. The summed E-state index contributed by atoms with van der Waals surface area (Å²) in [5.41, 5.74) is 2.19. The van der Waals surface area contributed by atoms with Crippen LogP contribution in [-0.4, -0.2) is 63.7 Å². The van der Waals surface area contributed by atoms with Crippen LogP contribution in [0, 0.1) is 5.82 Å². The zero-order valence-electron chi connectivity index (χ0n) is 20.9. The van der Waals surface area contributed by atoms with Gasteiger partial charge in [0.2, 0.25) is 5.95 Å². The molecule has 1 aliphatic rings. The molecule has 0 bridgehead atoms. The largest absolute Gasteiger partial charge is 0.494 e. The van der Waals surface area contributed by atoms with Crippen molar-refractivity contribution in [2.45, 2.75) is 31.5 Å². The summed E-state index contributed by atoms with van der Waals surface area (Å²) < 4.78 is 26.6. The van der Waals surface area contributed by atoms with Gasteiger partial charge in [-0.25, -0.2) is 14.4 Å². The molecule has 1 amide bonds. The van der Waals surface area contributed by atoms with E-state index in [9.17, 15) is 14.3 Å². The molecule has 1 atom stereocenters. The van der Waals surface area contributed by atoms with Gasteiger partial charge in [0.1, 0.15) is 0 Å². The minimum Gasteiger partial charge on any atom is -0.494 e. The molecule has 3 N–H and O–H groups in total. The van der Waals surface area contributed by atoms with E-state index in [-0.39, 0.29) is 24.3 Å². The first-order chi connectivity index (χ1) is 18.5. The number of hydrogen-bond acceptors (Lipinski definition) is 8. The first kappa shape index (κ1) is 25.6. The molecule has 38 heavy (non-hydrogen) atoms. The lowest BCUT2D eigenvalue weighted by Gasteiger charge is -2.23. The Labute approximate surface area is 218 Å². The van der Waals surface area contributed by atoms with E-state index in [1.807, 2.05) is 0 Å². The molecule has 0 spiro atoms. The second-order valence-electron chi connectivity index (χ2n) is 9.06. The number of carbonyl (C=O) groups excluding carboxylic acids is 1. The summed E-state index contributed by atoms with van der Waals surface area (Å²) >= 11 is 0. The third kappa shape index (κ3) is 5.74. The van der Waals surface area contributed by atoms with Crippen molar-refractivity contribution in [2.24, 2.45) is 0 Å². The topological polar surface area (TPSA) is 123 Å². The van der Waals surface area contributed by atoms with Crippen molar-refractivity contribution < 1.29 is 23.8 Å². The first-order valence-electron chi connectivity index (χ1n) is 12.4. The number of rotatable bonds is 9. The molecule has 0 saturated carbocycles. The van der Waals surface area contributed by atoms with Crippen molar-refractivity contribution in [3.05, 3.63) is 77.5 Å². The molecule has 2 aromatic carbocycles. The highest BCUT2D eigenvalue weighted by molar-refractivity contribution is 5.98. The Morgan fingerprint density at radius 1 is 1.21 bits per heavy atom. The number of aliphatic hydroxyl groups excluding tert-OH is 1. The van der Waals surface area contributed by atoms with Gasteiger partial charge in [0.05, 0.1) is 38.0 Å². The van der Waals surface area contributed by atoms with Crippen molar-refractivity contribution >= 4 is 22.8 Å². The Balaban J connectivity index is 1.41. The van der Waals surface area contributed by atoms with Crippen molar-refractivity contribution in [1.82, 2.24) is 25.1 Å². The lowest BCUT2D eigenvalue weighted by molar-refractivity contribution is 0.0903. The number of hydrogen-bond donors (Lipinski definition) is 3. The summed E-state index contributed by atoms with van der Waals surface area (Å²) in [5, 5.41) is 20.6. The second kappa shape index (κ2) is 11.5. The molecule has 1 unspecified atom stereocenters. The molecule has 2 aromatic heterocycles. The van der Waals surface area contributed by atoms with Gasteiger partial charge < -0.3 is 25.2 Å². The maximum absolute atomic E-state index is 14.6. The normalized spacial score (nSPS) is 14.8. The van der Waals surface area contributed by atoms with Gasteiger partial charge in [-0.1, -0.05) is 12.1 Å². The van der Waals surface area contributed by atoms with E-state index >= 15 is 0 Å². The number of benzene rings is 2. The van der Waals surface area contributed by atoms with E-state index in [0.29, 0.717) is 47.9 Å². The number of nitrogens with one attached hydrogen (secondary N) is 2. The minimum absolute atomic E-state index is 0.0837. The molecular weight excluding hydrogens is 491 g/mol. The van der Waals surface area contributed by atoms with E-state index in [0.717, 1.165) is 18.2 Å². The monoisotopic (exact) mass is 520 g/mol. The predicted octanol–water partition coefficient (Wildman–Crippen LogP) is 3.08. The van der Waals surface area contributed by atoms with Gasteiger partial charge in [-0.3, -0.25) is 9.48 Å². The summed E-state index contributed by atoms with van der Waals surface area (Å²) in [7, 11) is 1.39. The highest BCUT2D eigenvalue weighted by Crippen LogP contribution is 2.27. The molecule has 4 aromatic rings. The fourth-order valence-electron chi connectivity index (χ4n) is 4.45. The predicted molar refractivity (Wildman–Crippen MR) is 139 cm³/mol. The van der Waals surface area contributed by atoms with Gasteiger partial charge in [0.25, 0.3) is 5.91 Å². The van der Waals surface area contributed by atoms with E-state index in [2.05, 4.69) is 25.7 Å². The number of aromatic nitrogens is 4. The highest BCUT2D eigenvalue weighted by Gasteiger charge is 2.22. The van der Waals surface area contributed by atoms with E-state index in [1.54, 1.807) is 47.5 Å². The fourth-order valence-corrected chi connectivity index (χ4v) is 4.45. The van der Waals surface area contributed by atoms with Gasteiger partial charge in [0, 0.05) is 48.2 Å². The van der Waals surface area contributed by atoms with Crippen LogP contribution in [0.3, 0.4) is 0 Å². The summed E-state index contributed by atoms with van der Waals surface area (Å²) in [5.74, 6) is -0.293. The van der Waals surface area contributed by atoms with Crippen LogP contribution in [0.15, 0.2) is 55.0 Å². The third-order valence-corrected chi connectivity index (χ3v) is 6.50. The zero-order chi connectivity index (χ0) is 26.5. The standard InChI is InChI=1S/C27H29FN6O4/c1-37-24-5-4-17(12-22(24)28)25(20-15-30-34(16-20)8-9-35)33-26(36)18-2-3-19-14-29-27(32-23(19)13-18)31-21-6-10-38-11-7-21/h2-5,12-16,21,25,35H,6-11H2,1H3,(H,33,36)(H,29,31,32). The molecule has 0 radical (unpaired) electrons. The average Bonchev–Trinajstić information content (AvgIpc) is 3.40. The highest BCUT2D eigenvalue weighted by atomic mass is 19.1. The van der Waals surface area contributed by atoms with Crippen LogP contribution in [0.1, 0.15) is 40.4 Å². The maximum Gasteiger partial charge on any atom is 0.252 e. The summed E-state index contributed by atoms with van der Waals surface area (Å²) in [6.45, 7) is 1.62. The van der Waals surface area contributed by atoms with Gasteiger partial charge in [-0.15, -0.1) is 0 Å². The molecule has 3 heterocycles. The zero-order valence-corrected chi connectivity index (χ0v) is 20.9. The molecule has 0 aliphatic carbocycles. The first-order valence-corrected chi connectivity index (χ1v) is 12.4. The van der Waals surface area contributed by atoms with Crippen LogP contribution in [0.5, 0.6) is 5.75 Å². The van der Waals surface area contributed by atoms with Gasteiger partial charge in [0.15, 0.2) is 11.6 Å². The van der Waals surface area contributed by atoms with Gasteiger partial charge in [-0.2, -0.15) is 5.10 Å². The van der Waals surface area contributed by atoms with Crippen LogP contribution in [0.4, 0.5) is 10.3 Å². The quantitative estimate of drug-likeness (QED) is 0.308. The average molecular weight is 521 g/mol. The summed E-state index contributed by atoms with van der Waals surface area (Å²) in [6, 6.07) is 9.29. The fraction of sp³-hybridized carbons (Fsp3) is 0.333. The van der Waals surface area contributed by atoms with Crippen LogP contribution in [0.2, 0.25) is 0 Å². The van der Waals surface area contributed by atoms with E-state index in [4.69, 9.17) is 9.47 Å². The Morgan fingerprint density at radius 3 is 2.82 bits per heavy atom. The smallest absolute Gasteiger partial charge is 0.252 e. The number of amides is 1. The summed E-state index contributed by atoms with van der Waals surface area (Å²) in [6.07, 6.45) is 6.79. The van der Waals surface area contributed by atoms with Gasteiger partial charge in [-0.05, 0) is 42.7 Å². The third-order valence-electron chi connectivity index (χ3n) is 6.50. The Morgan fingerprint density at radius 2 is 2.05 bits per heavy atom. The van der Waals surface area contributed by atoms with Crippen molar-refractivity contribution in [3.8, 4) is 5.75 Å². The van der Waals surface area contributed by atoms with Crippen LogP contribution < -0.4 is 15.4 Å². The number of methoxy groups -OCH3 is 1. The lowest BCUT2D eigenvalue weighted by Crippen LogP contribution is -2.29. The summed E-state index contributed by atoms with van der Waals surface area (Å²) in [4.78, 5) is 22.4.